The van der Waals surface area contributed by atoms with Gasteiger partial charge in [0.05, 0.1) is 0 Å². The van der Waals surface area contributed by atoms with Crippen LogP contribution in [0.2, 0.25) is 0 Å². The molecule has 0 saturated carbocycles. The van der Waals surface area contributed by atoms with Crippen molar-refractivity contribution in [3.05, 3.63) is 111 Å². The first-order valence-corrected chi connectivity index (χ1v) is 9.23. The lowest BCUT2D eigenvalue weighted by Crippen LogP contribution is -1.86. The van der Waals surface area contributed by atoms with Crippen molar-refractivity contribution in [3.8, 4) is 12.1 Å². The Kier molecular flexibility index (Phi) is 6.15. The van der Waals surface area contributed by atoms with Gasteiger partial charge in [-0.3, -0.25) is 0 Å². The van der Waals surface area contributed by atoms with E-state index >= 15 is 0 Å². The number of nitriles is 2. The molecule has 0 N–H and O–H groups in total. The van der Waals surface area contributed by atoms with Crippen molar-refractivity contribution in [1.82, 2.24) is 0 Å². The Balaban J connectivity index is 1.88. The summed E-state index contributed by atoms with van der Waals surface area (Å²) in [6.45, 7) is 0. The fraction of sp³-hybridized carbons (Fsp3) is 0. The Morgan fingerprint density at radius 2 is 1.30 bits per heavy atom. The van der Waals surface area contributed by atoms with E-state index in [0.717, 1.165) is 26.5 Å². The van der Waals surface area contributed by atoms with Crippen LogP contribution in [0.4, 0.5) is 0 Å². The van der Waals surface area contributed by atoms with Crippen LogP contribution in [0.15, 0.2) is 90.5 Å². The van der Waals surface area contributed by atoms with Crippen molar-refractivity contribution >= 4 is 29.1 Å². The van der Waals surface area contributed by atoms with Crippen molar-refractivity contribution in [1.29, 1.82) is 10.5 Å². The summed E-state index contributed by atoms with van der Waals surface area (Å²) in [5.74, 6) is 0. The number of rotatable bonds is 5. The van der Waals surface area contributed by atoms with E-state index in [2.05, 4.69) is 30.3 Å². The Bertz CT molecular complexity index is 1020. The summed E-state index contributed by atoms with van der Waals surface area (Å²) in [5.41, 5.74) is 3.59. The molecule has 3 heteroatoms. The smallest absolute Gasteiger partial charge is 0.131 e. The van der Waals surface area contributed by atoms with Crippen molar-refractivity contribution in [2.45, 2.75) is 0 Å². The van der Waals surface area contributed by atoms with Crippen LogP contribution in [0.25, 0.3) is 17.7 Å². The fourth-order valence-electron chi connectivity index (χ4n) is 2.60. The molecule has 3 aromatic rings. The highest BCUT2D eigenvalue weighted by molar-refractivity contribution is 7.13. The average Bonchev–Trinajstić information content (AvgIpc) is 3.18. The third-order valence-corrected chi connectivity index (χ3v) is 4.87. The topological polar surface area (TPSA) is 47.6 Å². The Morgan fingerprint density at radius 3 is 1.85 bits per heavy atom. The van der Waals surface area contributed by atoms with E-state index in [4.69, 9.17) is 10.5 Å². The van der Waals surface area contributed by atoms with Gasteiger partial charge in [-0.15, -0.1) is 11.3 Å². The molecule has 0 aliphatic heterocycles. The molecule has 1 heterocycles. The molecule has 0 atom stereocenters. The summed E-state index contributed by atoms with van der Waals surface area (Å²) in [5, 5.41) is 17.7. The molecular formula is C24H16N2S. The second-order valence-corrected chi connectivity index (χ2v) is 6.84. The number of allylic oxidation sites excluding steroid dienone is 3. The molecule has 0 radical (unpaired) electrons. The van der Waals surface area contributed by atoms with Crippen LogP contribution in [-0.2, 0) is 0 Å². The van der Waals surface area contributed by atoms with Crippen molar-refractivity contribution in [3.63, 3.8) is 0 Å². The maximum absolute atomic E-state index is 8.86. The first-order valence-electron chi connectivity index (χ1n) is 8.41. The first kappa shape index (κ1) is 18.1. The van der Waals surface area contributed by atoms with E-state index in [0.29, 0.717) is 0 Å². The van der Waals surface area contributed by atoms with E-state index < -0.39 is 0 Å². The van der Waals surface area contributed by atoms with E-state index in [-0.39, 0.29) is 5.57 Å². The summed E-state index contributed by atoms with van der Waals surface area (Å²) in [6.07, 6.45) is 7.78. The molecule has 0 unspecified atom stereocenters. The van der Waals surface area contributed by atoms with Gasteiger partial charge in [0.2, 0.25) is 0 Å². The van der Waals surface area contributed by atoms with Crippen LogP contribution in [0.3, 0.4) is 0 Å². The second kappa shape index (κ2) is 9.15. The molecule has 0 saturated heterocycles. The molecule has 2 aromatic carbocycles. The lowest BCUT2D eigenvalue weighted by Gasteiger charge is -2.07. The molecule has 128 valence electrons. The Labute approximate surface area is 163 Å². The maximum atomic E-state index is 8.86. The van der Waals surface area contributed by atoms with Crippen LogP contribution in [0.1, 0.15) is 20.9 Å². The van der Waals surface area contributed by atoms with Gasteiger partial charge in [0.1, 0.15) is 17.7 Å². The van der Waals surface area contributed by atoms with E-state index in [9.17, 15) is 0 Å². The summed E-state index contributed by atoms with van der Waals surface area (Å²) in [6, 6.07) is 28.3. The summed E-state index contributed by atoms with van der Waals surface area (Å²) in [4.78, 5) is 1.95. The molecule has 27 heavy (non-hydrogen) atoms. The minimum absolute atomic E-state index is 0.114. The molecule has 3 rings (SSSR count). The number of hydrogen-bond donors (Lipinski definition) is 0. The fourth-order valence-corrected chi connectivity index (χ4v) is 3.47. The molecule has 0 fully saturated rings. The van der Waals surface area contributed by atoms with Gasteiger partial charge in [0.25, 0.3) is 0 Å². The SMILES string of the molecule is N#CC(C#N)=Cc1ccc(C=CC=C(c2ccccc2)c2ccccc2)s1. The first-order chi connectivity index (χ1) is 13.3. The standard InChI is InChI=1S/C24H16N2S/c25-17-19(18-26)16-23-15-14-22(27-23)12-7-13-24(20-8-3-1-4-9-20)21-10-5-2-6-11-21/h1-16H. The van der Waals surface area contributed by atoms with Crippen molar-refractivity contribution in [2.24, 2.45) is 0 Å². The Hall–Kier alpha value is -3.66. The van der Waals surface area contributed by atoms with Gasteiger partial charge in [-0.1, -0.05) is 72.8 Å². The molecule has 2 nitrogen and oxygen atoms in total. The molecule has 0 spiro atoms. The predicted octanol–water partition coefficient (Wildman–Crippen LogP) is 6.32. The van der Waals surface area contributed by atoms with Crippen LogP contribution < -0.4 is 0 Å². The number of hydrogen-bond acceptors (Lipinski definition) is 3. The third kappa shape index (κ3) is 4.92. The normalized spacial score (nSPS) is 10.0. The zero-order valence-corrected chi connectivity index (χ0v) is 15.4. The number of thiophene rings is 1. The second-order valence-electron chi connectivity index (χ2n) is 5.69. The minimum Gasteiger partial charge on any atom is -0.192 e. The van der Waals surface area contributed by atoms with Crippen LogP contribution in [0.5, 0.6) is 0 Å². The van der Waals surface area contributed by atoms with Gasteiger partial charge in [-0.25, -0.2) is 0 Å². The lowest BCUT2D eigenvalue weighted by atomic mass is 9.97. The van der Waals surface area contributed by atoms with Gasteiger partial charge in [-0.05, 0) is 41.0 Å². The number of benzene rings is 2. The molecule has 0 amide bonds. The van der Waals surface area contributed by atoms with Gasteiger partial charge >= 0.3 is 0 Å². The van der Waals surface area contributed by atoms with Crippen LogP contribution >= 0.6 is 11.3 Å². The van der Waals surface area contributed by atoms with E-state index in [1.807, 2.05) is 72.8 Å². The van der Waals surface area contributed by atoms with Gasteiger partial charge in [0, 0.05) is 9.75 Å². The Morgan fingerprint density at radius 1 is 0.741 bits per heavy atom. The molecular weight excluding hydrogens is 348 g/mol. The van der Waals surface area contributed by atoms with Gasteiger partial charge < -0.3 is 0 Å². The highest BCUT2D eigenvalue weighted by Gasteiger charge is 2.03. The monoisotopic (exact) mass is 364 g/mol. The van der Waals surface area contributed by atoms with Crippen LogP contribution in [-0.4, -0.2) is 0 Å². The zero-order valence-electron chi connectivity index (χ0n) is 14.5. The lowest BCUT2D eigenvalue weighted by molar-refractivity contribution is 1.47. The summed E-state index contributed by atoms with van der Waals surface area (Å²) < 4.78 is 0. The molecule has 0 bridgehead atoms. The van der Waals surface area contributed by atoms with Crippen LogP contribution in [0, 0.1) is 22.7 Å². The third-order valence-electron chi connectivity index (χ3n) is 3.87. The maximum Gasteiger partial charge on any atom is 0.131 e. The average molecular weight is 364 g/mol. The molecule has 0 aliphatic rings. The highest BCUT2D eigenvalue weighted by atomic mass is 32.1. The van der Waals surface area contributed by atoms with Gasteiger partial charge in [0.15, 0.2) is 0 Å². The predicted molar refractivity (Wildman–Crippen MR) is 113 cm³/mol. The van der Waals surface area contributed by atoms with Gasteiger partial charge in [-0.2, -0.15) is 10.5 Å². The quantitative estimate of drug-likeness (QED) is 0.392. The van der Waals surface area contributed by atoms with Crippen molar-refractivity contribution in [2.75, 3.05) is 0 Å². The summed E-state index contributed by atoms with van der Waals surface area (Å²) >= 11 is 1.54. The van der Waals surface area contributed by atoms with Crippen molar-refractivity contribution < 1.29 is 0 Å². The van der Waals surface area contributed by atoms with E-state index in [1.54, 1.807) is 17.4 Å². The molecule has 1 aromatic heterocycles. The largest absolute Gasteiger partial charge is 0.192 e. The minimum atomic E-state index is 0.114. The molecule has 0 aliphatic carbocycles. The number of nitrogens with zero attached hydrogens (tertiary/aromatic N) is 2. The highest BCUT2D eigenvalue weighted by Crippen LogP contribution is 2.24. The van der Waals surface area contributed by atoms with E-state index in [1.165, 1.54) is 0 Å². The zero-order chi connectivity index (χ0) is 18.9. The summed E-state index contributed by atoms with van der Waals surface area (Å²) in [7, 11) is 0.